The van der Waals surface area contributed by atoms with Crippen molar-refractivity contribution in [2.45, 2.75) is 0 Å². The van der Waals surface area contributed by atoms with Gasteiger partial charge in [-0.2, -0.15) is 7.82 Å². The standard InChI is InChI=1S/Co.Ni.H3O4P/c;;1-5(2,3)4/h;;(H3,1,2,3,4)/q2*+2;/p-3. The minimum atomic E-state index is -5.39. The van der Waals surface area contributed by atoms with Gasteiger partial charge in [0.15, 0.2) is 0 Å². The van der Waals surface area contributed by atoms with Gasteiger partial charge < -0.3 is 19.2 Å². The summed E-state index contributed by atoms with van der Waals surface area (Å²) in [5.74, 6) is 0. The Hall–Kier alpha value is 1.11. The van der Waals surface area contributed by atoms with Gasteiger partial charge in [-0.3, -0.25) is 0 Å². The Labute approximate surface area is 60.7 Å². The molecule has 0 heterocycles. The smallest absolute Gasteiger partial charge is 0.822 e. The molecule has 0 bridgehead atoms. The molecule has 0 rings (SSSR count). The van der Waals surface area contributed by atoms with Crippen molar-refractivity contribution in [2.24, 2.45) is 0 Å². The Bertz CT molecular complexity index is 57.8. The number of hydrogen-bond acceptors (Lipinski definition) is 4. The largest absolute Gasteiger partial charge is 2.00 e. The van der Waals surface area contributed by atoms with Gasteiger partial charge in [0, 0.05) is 0 Å². The van der Waals surface area contributed by atoms with Crippen LogP contribution in [0.4, 0.5) is 0 Å². The summed E-state index contributed by atoms with van der Waals surface area (Å²) in [4.78, 5) is 25.6. The van der Waals surface area contributed by atoms with E-state index in [1.807, 2.05) is 0 Å². The predicted molar refractivity (Wildman–Crippen MR) is 7.61 cm³/mol. The van der Waals surface area contributed by atoms with Crippen LogP contribution in [0.1, 0.15) is 0 Å². The summed E-state index contributed by atoms with van der Waals surface area (Å²) in [5, 5.41) is 0. The van der Waals surface area contributed by atoms with Crippen LogP contribution in [0.3, 0.4) is 0 Å². The van der Waals surface area contributed by atoms with Gasteiger partial charge in [0.25, 0.3) is 0 Å². The summed E-state index contributed by atoms with van der Waals surface area (Å²) in [6.07, 6.45) is 0. The molecule has 7 heteroatoms. The van der Waals surface area contributed by atoms with Crippen LogP contribution in [0, 0.1) is 0 Å². The number of rotatable bonds is 0. The van der Waals surface area contributed by atoms with E-state index in [0.717, 1.165) is 0 Å². The van der Waals surface area contributed by atoms with E-state index in [-0.39, 0.29) is 33.3 Å². The molecule has 0 amide bonds. The van der Waals surface area contributed by atoms with E-state index in [1.54, 1.807) is 0 Å². The molecule has 47 valence electrons. The summed E-state index contributed by atoms with van der Waals surface area (Å²) >= 11 is 0. The van der Waals surface area contributed by atoms with Gasteiger partial charge in [-0.05, 0) is 0 Å². The van der Waals surface area contributed by atoms with Crippen molar-refractivity contribution < 1.29 is 52.5 Å². The fourth-order valence-electron chi connectivity index (χ4n) is 0. The Morgan fingerprint density at radius 3 is 1.14 bits per heavy atom. The summed E-state index contributed by atoms with van der Waals surface area (Å²) in [5.41, 5.74) is 0. The molecule has 0 saturated carbocycles. The summed E-state index contributed by atoms with van der Waals surface area (Å²) in [6.45, 7) is 0. The molecule has 0 aliphatic carbocycles. The first-order chi connectivity index (χ1) is 2.00. The maximum Gasteiger partial charge on any atom is 2.00 e. The van der Waals surface area contributed by atoms with Crippen LogP contribution in [0.25, 0.3) is 0 Å². The molecule has 0 aromatic rings. The minimum Gasteiger partial charge on any atom is -0.822 e. The average molecular weight is 213 g/mol. The molecule has 0 aromatic carbocycles. The topological polar surface area (TPSA) is 86.2 Å². The van der Waals surface area contributed by atoms with Crippen molar-refractivity contribution in [3.05, 3.63) is 0 Å². The zero-order valence-corrected chi connectivity index (χ0v) is 5.65. The van der Waals surface area contributed by atoms with Crippen LogP contribution in [0.15, 0.2) is 0 Å². The first-order valence-corrected chi connectivity index (χ1v) is 2.19. The van der Waals surface area contributed by atoms with Gasteiger partial charge in [0.05, 0.1) is 0 Å². The second kappa shape index (κ2) is 5.25. The van der Waals surface area contributed by atoms with Gasteiger partial charge in [-0.15, -0.1) is 0 Å². The van der Waals surface area contributed by atoms with E-state index >= 15 is 0 Å². The third-order valence-corrected chi connectivity index (χ3v) is 0. The molecule has 0 unspecified atom stereocenters. The van der Waals surface area contributed by atoms with Crippen molar-refractivity contribution in [2.75, 3.05) is 0 Å². The van der Waals surface area contributed by atoms with Gasteiger partial charge in [-0.1, -0.05) is 0 Å². The molecule has 0 aromatic heterocycles. The van der Waals surface area contributed by atoms with Crippen LogP contribution in [0.5, 0.6) is 0 Å². The normalized spacial score (nSPS) is 8.43. The van der Waals surface area contributed by atoms with E-state index in [9.17, 15) is 0 Å². The first kappa shape index (κ1) is 15.7. The van der Waals surface area contributed by atoms with Gasteiger partial charge in [-0.25, -0.2) is 0 Å². The van der Waals surface area contributed by atoms with Gasteiger partial charge in [0.2, 0.25) is 0 Å². The molecule has 4 nitrogen and oxygen atoms in total. The second-order valence-corrected chi connectivity index (χ2v) is 1.34. The van der Waals surface area contributed by atoms with E-state index in [1.165, 1.54) is 0 Å². The van der Waals surface area contributed by atoms with Crippen molar-refractivity contribution in [3.63, 3.8) is 0 Å². The average Bonchev–Trinajstić information content (AvgIpc) is 0.722. The second-order valence-electron chi connectivity index (χ2n) is 0.447. The molecule has 0 aliphatic rings. The molecule has 0 aliphatic heterocycles. The predicted octanol–water partition coefficient (Wildman–Crippen LogP) is -2.83. The quantitative estimate of drug-likeness (QED) is 0.320. The molecule has 0 spiro atoms. The number of hydrogen-bond donors (Lipinski definition) is 0. The zero-order chi connectivity index (χ0) is 4.50. The number of phosphoric acid groups is 1. The third kappa shape index (κ3) is 151. The van der Waals surface area contributed by atoms with Crippen LogP contribution in [-0.4, -0.2) is 0 Å². The third-order valence-electron chi connectivity index (χ3n) is 0. The summed E-state index contributed by atoms with van der Waals surface area (Å²) < 4.78 is 8.55. The van der Waals surface area contributed by atoms with Gasteiger partial charge in [0.1, 0.15) is 0 Å². The Balaban J connectivity index is -0.0000000800. The Morgan fingerprint density at radius 1 is 1.14 bits per heavy atom. The minimum absolute atomic E-state index is 0. The fraction of sp³-hybridized carbons (Fsp3) is 0. The summed E-state index contributed by atoms with van der Waals surface area (Å²) in [7, 11) is -5.39. The van der Waals surface area contributed by atoms with Crippen molar-refractivity contribution >= 4 is 7.82 Å². The van der Waals surface area contributed by atoms with Crippen molar-refractivity contribution in [1.82, 2.24) is 0 Å². The zero-order valence-electron chi connectivity index (χ0n) is 2.73. The fourth-order valence-corrected chi connectivity index (χ4v) is 0. The maximum absolute atomic E-state index is 8.55. The Kier molecular flexibility index (Phi) is 11.8. The van der Waals surface area contributed by atoms with E-state index in [4.69, 9.17) is 19.2 Å². The SMILES string of the molecule is O=P([O-])([O-])[O-].[Co+2].[Ni+2]. The summed E-state index contributed by atoms with van der Waals surface area (Å²) in [6, 6.07) is 0. The van der Waals surface area contributed by atoms with Crippen molar-refractivity contribution in [1.29, 1.82) is 0 Å². The van der Waals surface area contributed by atoms with Crippen LogP contribution >= 0.6 is 7.82 Å². The first-order valence-electron chi connectivity index (χ1n) is 0.730. The van der Waals surface area contributed by atoms with Gasteiger partial charge >= 0.3 is 33.3 Å². The van der Waals surface area contributed by atoms with E-state index in [0.29, 0.717) is 0 Å². The molecule has 0 N–H and O–H groups in total. The van der Waals surface area contributed by atoms with Crippen LogP contribution in [-0.2, 0) is 37.8 Å². The van der Waals surface area contributed by atoms with E-state index < -0.39 is 7.82 Å². The molecule has 0 atom stereocenters. The molecule has 0 saturated heterocycles. The van der Waals surface area contributed by atoms with Crippen LogP contribution < -0.4 is 14.7 Å². The molecular weight excluding hydrogens is 213 g/mol. The monoisotopic (exact) mass is 212 g/mol. The molecule has 7 heavy (non-hydrogen) atoms. The molecular formula is CoNiO4P+. The molecule has 0 fully saturated rings. The molecule has 1 radical (unpaired) electrons. The van der Waals surface area contributed by atoms with E-state index in [2.05, 4.69) is 0 Å². The Morgan fingerprint density at radius 2 is 1.14 bits per heavy atom. The van der Waals surface area contributed by atoms with Crippen LogP contribution in [0.2, 0.25) is 0 Å². The maximum atomic E-state index is 8.55. The van der Waals surface area contributed by atoms with Crippen molar-refractivity contribution in [3.8, 4) is 0 Å².